The molecule has 5 heteroatoms. The van der Waals surface area contributed by atoms with Gasteiger partial charge in [0.1, 0.15) is 0 Å². The topological polar surface area (TPSA) is 68.0 Å². The molecule has 0 saturated carbocycles. The van der Waals surface area contributed by atoms with Crippen LogP contribution in [0.3, 0.4) is 0 Å². The molecule has 0 saturated heterocycles. The first-order valence-electron chi connectivity index (χ1n) is 6.46. The molecule has 4 nitrogen and oxygen atoms in total. The van der Waals surface area contributed by atoms with E-state index in [9.17, 15) is 4.79 Å². The number of aryl methyl sites for hydroxylation is 1. The van der Waals surface area contributed by atoms with E-state index in [1.807, 2.05) is 32.9 Å². The Morgan fingerprint density at radius 3 is 2.74 bits per heavy atom. The van der Waals surface area contributed by atoms with Gasteiger partial charge in [-0.05, 0) is 37.5 Å². The lowest BCUT2D eigenvalue weighted by Gasteiger charge is -2.24. The molecule has 1 aromatic carbocycles. The molecule has 0 fully saturated rings. The minimum atomic E-state index is -0.812. The predicted octanol–water partition coefficient (Wildman–Crippen LogP) is 3.06. The van der Waals surface area contributed by atoms with Crippen LogP contribution >= 0.6 is 11.3 Å². The largest absolute Gasteiger partial charge is 0.317 e. The zero-order valence-electron chi connectivity index (χ0n) is 11.5. The monoisotopic (exact) mass is 277 g/mol. The van der Waals surface area contributed by atoms with Gasteiger partial charge in [0.15, 0.2) is 5.13 Å². The maximum Gasteiger partial charge on any atom is 0.246 e. The van der Waals surface area contributed by atoms with Gasteiger partial charge in [0.25, 0.3) is 0 Å². The van der Waals surface area contributed by atoms with Crippen LogP contribution in [0.15, 0.2) is 18.2 Å². The van der Waals surface area contributed by atoms with Crippen LogP contribution in [0.5, 0.6) is 0 Å². The molecule has 1 heterocycles. The standard InChI is InChI=1S/C14H19N3OS/c1-4-14(15,5-2)12(18)17-13-16-10-7-6-9(3)8-11(10)19-13/h6-8H,4-5,15H2,1-3H3,(H,16,17,18). The van der Waals surface area contributed by atoms with Crippen LogP contribution in [-0.2, 0) is 4.79 Å². The number of anilines is 1. The zero-order chi connectivity index (χ0) is 14.0. The molecule has 0 radical (unpaired) electrons. The Kier molecular flexibility index (Phi) is 3.87. The number of aromatic nitrogens is 1. The highest BCUT2D eigenvalue weighted by Gasteiger charge is 2.30. The van der Waals surface area contributed by atoms with Crippen molar-refractivity contribution in [3.05, 3.63) is 23.8 Å². The molecule has 0 aliphatic carbocycles. The summed E-state index contributed by atoms with van der Waals surface area (Å²) < 4.78 is 1.07. The van der Waals surface area contributed by atoms with E-state index in [-0.39, 0.29) is 5.91 Å². The number of thiazole rings is 1. The number of nitrogens with one attached hydrogen (secondary N) is 1. The fraction of sp³-hybridized carbons (Fsp3) is 0.429. The number of nitrogens with two attached hydrogens (primary N) is 1. The van der Waals surface area contributed by atoms with Crippen molar-refractivity contribution in [1.82, 2.24) is 4.98 Å². The van der Waals surface area contributed by atoms with E-state index in [1.54, 1.807) is 0 Å². The quantitative estimate of drug-likeness (QED) is 0.902. The molecular formula is C14H19N3OS. The maximum atomic E-state index is 12.2. The van der Waals surface area contributed by atoms with Gasteiger partial charge < -0.3 is 11.1 Å². The highest BCUT2D eigenvalue weighted by Crippen LogP contribution is 2.27. The van der Waals surface area contributed by atoms with Crippen molar-refractivity contribution >= 4 is 32.6 Å². The van der Waals surface area contributed by atoms with Crippen molar-refractivity contribution in [3.63, 3.8) is 0 Å². The van der Waals surface area contributed by atoms with Crippen LogP contribution in [0, 0.1) is 6.92 Å². The molecule has 1 aromatic heterocycles. The van der Waals surface area contributed by atoms with Gasteiger partial charge in [-0.2, -0.15) is 0 Å². The van der Waals surface area contributed by atoms with Crippen molar-refractivity contribution in [2.24, 2.45) is 5.73 Å². The van der Waals surface area contributed by atoms with E-state index in [0.29, 0.717) is 18.0 Å². The summed E-state index contributed by atoms with van der Waals surface area (Å²) in [5.74, 6) is -0.159. The molecule has 0 spiro atoms. The fourth-order valence-electron chi connectivity index (χ4n) is 1.88. The fourth-order valence-corrected chi connectivity index (χ4v) is 2.84. The van der Waals surface area contributed by atoms with Gasteiger partial charge in [-0.15, -0.1) is 0 Å². The highest BCUT2D eigenvalue weighted by molar-refractivity contribution is 7.22. The Balaban J connectivity index is 2.24. The Bertz CT molecular complexity index is 602. The van der Waals surface area contributed by atoms with Crippen molar-refractivity contribution in [3.8, 4) is 0 Å². The van der Waals surface area contributed by atoms with Crippen molar-refractivity contribution in [2.45, 2.75) is 39.2 Å². The van der Waals surface area contributed by atoms with Crippen molar-refractivity contribution < 1.29 is 4.79 Å². The number of nitrogens with zero attached hydrogens (tertiary/aromatic N) is 1. The summed E-state index contributed by atoms with van der Waals surface area (Å²) in [5.41, 5.74) is 7.35. The van der Waals surface area contributed by atoms with E-state index in [1.165, 1.54) is 16.9 Å². The van der Waals surface area contributed by atoms with E-state index in [0.717, 1.165) is 10.2 Å². The van der Waals surface area contributed by atoms with Gasteiger partial charge in [-0.25, -0.2) is 4.98 Å². The number of rotatable bonds is 4. The third-order valence-electron chi connectivity index (χ3n) is 3.48. The second-order valence-electron chi connectivity index (χ2n) is 4.81. The van der Waals surface area contributed by atoms with Gasteiger partial charge in [0, 0.05) is 0 Å². The van der Waals surface area contributed by atoms with E-state index in [4.69, 9.17) is 5.73 Å². The van der Waals surface area contributed by atoms with Crippen LogP contribution in [0.2, 0.25) is 0 Å². The number of carbonyl (C=O) groups excluding carboxylic acids is 1. The van der Waals surface area contributed by atoms with Gasteiger partial charge in [-0.1, -0.05) is 31.3 Å². The van der Waals surface area contributed by atoms with Gasteiger partial charge >= 0.3 is 0 Å². The van der Waals surface area contributed by atoms with Crippen LogP contribution < -0.4 is 11.1 Å². The van der Waals surface area contributed by atoms with Crippen molar-refractivity contribution in [1.29, 1.82) is 0 Å². The maximum absolute atomic E-state index is 12.2. The van der Waals surface area contributed by atoms with E-state index < -0.39 is 5.54 Å². The number of fused-ring (bicyclic) bond motifs is 1. The number of hydrogen-bond acceptors (Lipinski definition) is 4. The van der Waals surface area contributed by atoms with Gasteiger partial charge in [-0.3, -0.25) is 4.79 Å². The number of hydrogen-bond donors (Lipinski definition) is 2. The van der Waals surface area contributed by atoms with Crippen LogP contribution in [-0.4, -0.2) is 16.4 Å². The third kappa shape index (κ3) is 2.77. The molecule has 0 atom stereocenters. The predicted molar refractivity (Wildman–Crippen MR) is 80.5 cm³/mol. The number of benzene rings is 1. The van der Waals surface area contributed by atoms with E-state index in [2.05, 4.69) is 16.4 Å². The first-order valence-corrected chi connectivity index (χ1v) is 7.27. The summed E-state index contributed by atoms with van der Waals surface area (Å²) in [5, 5.41) is 3.45. The first-order chi connectivity index (χ1) is 8.98. The zero-order valence-corrected chi connectivity index (χ0v) is 12.3. The summed E-state index contributed by atoms with van der Waals surface area (Å²) in [7, 11) is 0. The molecule has 2 aromatic rings. The Morgan fingerprint density at radius 1 is 1.42 bits per heavy atom. The Labute approximate surface area is 117 Å². The van der Waals surface area contributed by atoms with Crippen LogP contribution in [0.1, 0.15) is 32.3 Å². The summed E-state index contributed by atoms with van der Waals surface area (Å²) in [4.78, 5) is 16.6. The Morgan fingerprint density at radius 2 is 2.11 bits per heavy atom. The van der Waals surface area contributed by atoms with Gasteiger partial charge in [0.05, 0.1) is 15.8 Å². The second kappa shape index (κ2) is 5.27. The summed E-state index contributed by atoms with van der Waals surface area (Å²) in [6.07, 6.45) is 1.22. The van der Waals surface area contributed by atoms with Crippen LogP contribution in [0.4, 0.5) is 5.13 Å². The normalized spacial score (nSPS) is 11.8. The molecule has 3 N–H and O–H groups in total. The molecule has 0 aliphatic rings. The lowest BCUT2D eigenvalue weighted by Crippen LogP contribution is -2.50. The summed E-state index contributed by atoms with van der Waals surface area (Å²) in [6, 6.07) is 6.04. The second-order valence-corrected chi connectivity index (χ2v) is 5.84. The minimum Gasteiger partial charge on any atom is -0.317 e. The number of carbonyl (C=O) groups is 1. The van der Waals surface area contributed by atoms with E-state index >= 15 is 0 Å². The molecule has 1 amide bonds. The average molecular weight is 277 g/mol. The van der Waals surface area contributed by atoms with Crippen molar-refractivity contribution in [2.75, 3.05) is 5.32 Å². The number of amides is 1. The third-order valence-corrected chi connectivity index (χ3v) is 4.41. The highest BCUT2D eigenvalue weighted by atomic mass is 32.1. The summed E-state index contributed by atoms with van der Waals surface area (Å²) in [6.45, 7) is 5.88. The van der Waals surface area contributed by atoms with Gasteiger partial charge in [0.2, 0.25) is 5.91 Å². The Hall–Kier alpha value is -1.46. The molecule has 0 aliphatic heterocycles. The molecule has 19 heavy (non-hydrogen) atoms. The minimum absolute atomic E-state index is 0.159. The van der Waals surface area contributed by atoms with Crippen LogP contribution in [0.25, 0.3) is 10.2 Å². The molecule has 0 bridgehead atoms. The SMILES string of the molecule is CCC(N)(CC)C(=O)Nc1nc2ccc(C)cc2s1. The molecule has 2 rings (SSSR count). The smallest absolute Gasteiger partial charge is 0.246 e. The first kappa shape index (κ1) is 14.0. The summed E-state index contributed by atoms with van der Waals surface area (Å²) >= 11 is 1.48. The average Bonchev–Trinajstić information content (AvgIpc) is 2.78. The molecule has 102 valence electrons. The lowest BCUT2D eigenvalue weighted by atomic mass is 9.93. The lowest BCUT2D eigenvalue weighted by molar-refractivity contribution is -0.121. The molecule has 0 unspecified atom stereocenters. The molecular weight excluding hydrogens is 258 g/mol.